The number of carbonyl (C=O) groups excluding carboxylic acids is 4. The van der Waals surface area contributed by atoms with Crippen LogP contribution >= 0.6 is 23.1 Å². The molecule has 0 radical (unpaired) electrons. The van der Waals surface area contributed by atoms with E-state index in [2.05, 4.69) is 27.7 Å². The predicted molar refractivity (Wildman–Crippen MR) is 164 cm³/mol. The largest absolute Gasteiger partial charge is 0.543 e. The monoisotopic (exact) mass is 715 g/mol. The number of aromatic nitrogens is 2. The van der Waals surface area contributed by atoms with E-state index in [1.165, 1.54) is 24.3 Å². The average Bonchev–Trinajstić information content (AvgIpc) is 3.47. The predicted octanol–water partition coefficient (Wildman–Crippen LogP) is 0.411. The number of oxime groups is 1. The highest BCUT2D eigenvalue weighted by molar-refractivity contribution is 8.00. The van der Waals surface area contributed by atoms with E-state index in [1.54, 1.807) is 29.1 Å². The molecule has 0 unspecified atom stereocenters. The Morgan fingerprint density at radius 1 is 1.27 bits per heavy atom. The number of alkyl halides is 3. The van der Waals surface area contributed by atoms with E-state index in [0.29, 0.717) is 17.7 Å². The van der Waals surface area contributed by atoms with Gasteiger partial charge in [-0.1, -0.05) is 31.3 Å². The SMILES string of the molecule is CCCCCCNC(=O)c1ccc[n+](CC2=C(C(=O)[O-])N3C(=O)[C@@H](NC(=O)/C(=N\OC)c4csc(N)n4)[C@H]3SC2)c1.O=C(O)C(F)(F)F. The molecule has 3 amide bonds. The minimum atomic E-state index is -5.08. The van der Waals surface area contributed by atoms with Crippen molar-refractivity contribution in [2.24, 2.45) is 5.16 Å². The molecular formula is C28H32F3N7O8S2. The van der Waals surface area contributed by atoms with Crippen molar-refractivity contribution < 1.29 is 56.8 Å². The molecule has 0 aromatic carbocycles. The standard InChI is InChI=1S/C26H31N7O6S2.C2HF3O2/c1-3-4-5-6-9-28-21(34)15-8-7-10-32(11-15)12-16-13-40-24-19(23(36)33(24)20(16)25(37)38)30-22(35)18(31-39-2)17-14-41-26(27)29-17;3-2(4,5)1(6)7/h7-8,10-11,14,19,24H,3-6,9,12-13H2,1-2H3,(H4-,27,28,29,30,34,35,37,38);(H,6,7)/b31-18-;/t19-,24-;/m1./s1. The number of nitrogens with zero attached hydrogens (tertiary/aromatic N) is 4. The maximum Gasteiger partial charge on any atom is 0.490 e. The number of carboxylic acid groups (broad SMARTS) is 2. The number of carbonyl (C=O) groups is 5. The zero-order valence-electron chi connectivity index (χ0n) is 25.6. The Labute approximate surface area is 280 Å². The number of hydrogen-bond acceptors (Lipinski definition) is 12. The van der Waals surface area contributed by atoms with Gasteiger partial charge in [0.25, 0.3) is 17.7 Å². The second-order valence-corrected chi connectivity index (χ2v) is 12.2. The topological polar surface area (TPSA) is 220 Å². The molecule has 2 aromatic heterocycles. The fourth-order valence-electron chi connectivity index (χ4n) is 4.53. The van der Waals surface area contributed by atoms with Crippen molar-refractivity contribution in [2.45, 2.75) is 56.7 Å². The van der Waals surface area contributed by atoms with Gasteiger partial charge in [-0.05, 0) is 12.5 Å². The number of thiazole rings is 1. The van der Waals surface area contributed by atoms with Crippen LogP contribution in [0, 0.1) is 0 Å². The van der Waals surface area contributed by atoms with E-state index in [-0.39, 0.29) is 40.4 Å². The van der Waals surface area contributed by atoms with E-state index in [0.717, 1.165) is 41.9 Å². The lowest BCUT2D eigenvalue weighted by molar-refractivity contribution is -0.689. The van der Waals surface area contributed by atoms with Gasteiger partial charge in [-0.3, -0.25) is 19.3 Å². The summed E-state index contributed by atoms with van der Waals surface area (Å²) in [5.74, 6) is -5.50. The molecule has 48 heavy (non-hydrogen) atoms. The summed E-state index contributed by atoms with van der Waals surface area (Å²) in [6.07, 6.45) is 2.46. The summed E-state index contributed by atoms with van der Waals surface area (Å²) in [5, 5.41) is 29.6. The number of nitrogens with two attached hydrogens (primary N) is 1. The van der Waals surface area contributed by atoms with Gasteiger partial charge in [0.05, 0.1) is 11.7 Å². The zero-order valence-corrected chi connectivity index (χ0v) is 27.2. The van der Waals surface area contributed by atoms with Crippen LogP contribution in [0.25, 0.3) is 0 Å². The lowest BCUT2D eigenvalue weighted by Gasteiger charge is -2.50. The fourth-order valence-corrected chi connectivity index (χ4v) is 6.41. The van der Waals surface area contributed by atoms with Crippen LogP contribution in [0.2, 0.25) is 0 Å². The lowest BCUT2D eigenvalue weighted by atomic mass is 10.0. The first-order valence-electron chi connectivity index (χ1n) is 14.3. The van der Waals surface area contributed by atoms with Crippen molar-refractivity contribution in [2.75, 3.05) is 25.1 Å². The molecule has 4 rings (SSSR count). The number of pyridine rings is 1. The zero-order chi connectivity index (χ0) is 35.6. The molecule has 0 saturated carbocycles. The molecule has 0 aliphatic carbocycles. The molecule has 4 heterocycles. The van der Waals surface area contributed by atoms with Crippen LogP contribution in [-0.4, -0.2) is 87.4 Å². The summed E-state index contributed by atoms with van der Waals surface area (Å²) in [5.41, 5.74) is 6.34. The number of carboxylic acids is 2. The molecule has 2 atom stereocenters. The Kier molecular flexibility index (Phi) is 13.3. The number of amides is 3. The molecule has 2 aliphatic heterocycles. The number of rotatable bonds is 13. The van der Waals surface area contributed by atoms with Crippen LogP contribution < -0.4 is 26.0 Å². The van der Waals surface area contributed by atoms with Crippen molar-refractivity contribution in [1.82, 2.24) is 20.5 Å². The van der Waals surface area contributed by atoms with Gasteiger partial charge in [0, 0.05) is 29.3 Å². The van der Waals surface area contributed by atoms with Crippen LogP contribution in [0.15, 0.2) is 46.3 Å². The number of aliphatic carboxylic acids is 2. The van der Waals surface area contributed by atoms with Gasteiger partial charge < -0.3 is 36.2 Å². The van der Waals surface area contributed by atoms with Gasteiger partial charge >= 0.3 is 12.1 Å². The minimum absolute atomic E-state index is 0.136. The highest BCUT2D eigenvalue weighted by Crippen LogP contribution is 2.40. The molecular weight excluding hydrogens is 683 g/mol. The molecule has 1 saturated heterocycles. The Balaban J connectivity index is 0.000000804. The molecule has 15 nitrogen and oxygen atoms in total. The number of β-lactam (4-membered cyclic amide) rings is 1. The van der Waals surface area contributed by atoms with Crippen molar-refractivity contribution in [3.63, 3.8) is 0 Å². The van der Waals surface area contributed by atoms with Crippen molar-refractivity contribution in [3.8, 4) is 0 Å². The molecule has 2 aliphatic rings. The summed E-state index contributed by atoms with van der Waals surface area (Å²) >= 11 is 2.43. The number of halogens is 3. The summed E-state index contributed by atoms with van der Waals surface area (Å²) in [4.78, 5) is 69.6. The fraction of sp³-hybridized carbons (Fsp3) is 0.429. The normalized spacial score (nSPS) is 17.4. The van der Waals surface area contributed by atoms with E-state index in [9.17, 15) is 37.5 Å². The third-order valence-electron chi connectivity index (χ3n) is 6.74. The van der Waals surface area contributed by atoms with E-state index < -0.39 is 41.3 Å². The molecule has 2 aromatic rings. The smallest absolute Gasteiger partial charge is 0.490 e. The molecule has 260 valence electrons. The molecule has 1 fully saturated rings. The van der Waals surface area contributed by atoms with Crippen molar-refractivity contribution in [3.05, 3.63) is 52.4 Å². The van der Waals surface area contributed by atoms with Gasteiger partial charge in [0.15, 0.2) is 29.8 Å². The number of nitrogens with one attached hydrogen (secondary N) is 2. The Morgan fingerprint density at radius 3 is 2.56 bits per heavy atom. The maximum absolute atomic E-state index is 13.1. The first-order valence-corrected chi connectivity index (χ1v) is 16.2. The maximum atomic E-state index is 13.1. The summed E-state index contributed by atoms with van der Waals surface area (Å²) in [6, 6.07) is 2.41. The summed E-state index contributed by atoms with van der Waals surface area (Å²) in [6.45, 7) is 2.84. The molecule has 20 heteroatoms. The summed E-state index contributed by atoms with van der Waals surface area (Å²) < 4.78 is 33.4. The highest BCUT2D eigenvalue weighted by atomic mass is 32.2. The number of hydrogen-bond donors (Lipinski definition) is 4. The quantitative estimate of drug-likeness (QED) is 0.0732. The van der Waals surface area contributed by atoms with Crippen LogP contribution in [0.4, 0.5) is 18.3 Å². The highest BCUT2D eigenvalue weighted by Gasteiger charge is 2.53. The van der Waals surface area contributed by atoms with Crippen LogP contribution in [-0.2, 0) is 30.6 Å². The number of fused-ring (bicyclic) bond motifs is 1. The number of nitrogen functional groups attached to an aromatic ring is 1. The van der Waals surface area contributed by atoms with Gasteiger partial charge in [0.2, 0.25) is 0 Å². The number of anilines is 1. The first-order chi connectivity index (χ1) is 22.7. The van der Waals surface area contributed by atoms with Gasteiger partial charge in [-0.25, -0.2) is 14.3 Å². The minimum Gasteiger partial charge on any atom is -0.543 e. The van der Waals surface area contributed by atoms with Gasteiger partial charge in [-0.2, -0.15) is 13.2 Å². The van der Waals surface area contributed by atoms with Crippen LogP contribution in [0.3, 0.4) is 0 Å². The lowest BCUT2D eigenvalue weighted by Crippen LogP contribution is -2.71. The number of thioether (sulfide) groups is 1. The molecule has 5 N–H and O–H groups in total. The second kappa shape index (κ2) is 16.9. The molecule has 0 spiro atoms. The van der Waals surface area contributed by atoms with Gasteiger partial charge in [0.1, 0.15) is 29.8 Å². The summed E-state index contributed by atoms with van der Waals surface area (Å²) in [7, 11) is 1.27. The van der Waals surface area contributed by atoms with Crippen LogP contribution in [0.5, 0.6) is 0 Å². The average molecular weight is 716 g/mol. The third kappa shape index (κ3) is 9.66. The van der Waals surface area contributed by atoms with Crippen molar-refractivity contribution >= 4 is 63.6 Å². The Bertz CT molecular complexity index is 1600. The van der Waals surface area contributed by atoms with E-state index in [4.69, 9.17) is 20.5 Å². The van der Waals surface area contributed by atoms with Crippen molar-refractivity contribution in [1.29, 1.82) is 0 Å². The van der Waals surface area contributed by atoms with E-state index in [1.807, 2.05) is 0 Å². The van der Waals surface area contributed by atoms with Crippen LogP contribution in [0.1, 0.15) is 48.7 Å². The van der Waals surface area contributed by atoms with E-state index >= 15 is 0 Å². The third-order valence-corrected chi connectivity index (χ3v) is 8.76. The second-order valence-electron chi connectivity index (χ2n) is 10.2. The Morgan fingerprint density at radius 2 is 1.98 bits per heavy atom. The number of unbranched alkanes of at least 4 members (excludes halogenated alkanes) is 3. The Hall–Kier alpha value is -4.72. The van der Waals surface area contributed by atoms with Gasteiger partial charge in [-0.15, -0.1) is 23.1 Å². The molecule has 0 bridgehead atoms. The first kappa shape index (κ1) is 37.7.